The van der Waals surface area contributed by atoms with Gasteiger partial charge in [0.05, 0.1) is 22.9 Å². The highest BCUT2D eigenvalue weighted by molar-refractivity contribution is 7.19. The van der Waals surface area contributed by atoms with Crippen LogP contribution in [0.2, 0.25) is 0 Å². The SMILES string of the molecule is COC(=O)c1cc2nc(C#N)sc2cc1N. The van der Waals surface area contributed by atoms with E-state index < -0.39 is 5.97 Å². The molecule has 0 radical (unpaired) electrons. The number of thiazole rings is 1. The fourth-order valence-corrected chi connectivity index (χ4v) is 2.12. The number of nitrogen functional groups attached to an aromatic ring is 1. The molecule has 0 saturated heterocycles. The lowest BCUT2D eigenvalue weighted by Crippen LogP contribution is -2.05. The Morgan fingerprint density at radius 1 is 1.62 bits per heavy atom. The van der Waals surface area contributed by atoms with Gasteiger partial charge in [-0.25, -0.2) is 9.78 Å². The Morgan fingerprint density at radius 2 is 2.38 bits per heavy atom. The minimum Gasteiger partial charge on any atom is -0.465 e. The van der Waals surface area contributed by atoms with Crippen LogP contribution in [0.15, 0.2) is 12.1 Å². The number of esters is 1. The second kappa shape index (κ2) is 3.79. The van der Waals surface area contributed by atoms with E-state index in [-0.39, 0.29) is 5.56 Å². The average Bonchev–Trinajstić information content (AvgIpc) is 2.68. The number of carbonyl (C=O) groups excluding carboxylic acids is 1. The van der Waals surface area contributed by atoms with Gasteiger partial charge in [0.15, 0.2) is 5.01 Å². The molecule has 0 aliphatic heterocycles. The molecular formula is C10H7N3O2S. The van der Waals surface area contributed by atoms with Crippen LogP contribution >= 0.6 is 11.3 Å². The molecule has 5 nitrogen and oxygen atoms in total. The molecule has 2 aromatic rings. The summed E-state index contributed by atoms with van der Waals surface area (Å²) in [7, 11) is 1.29. The zero-order chi connectivity index (χ0) is 11.7. The molecule has 0 saturated carbocycles. The van der Waals surface area contributed by atoms with Crippen molar-refractivity contribution in [1.82, 2.24) is 4.98 Å². The van der Waals surface area contributed by atoms with Crippen LogP contribution < -0.4 is 5.73 Å². The standard InChI is InChI=1S/C10H7N3O2S/c1-15-10(14)5-2-7-8(3-6(5)12)16-9(4-11)13-7/h2-3H,12H2,1H3. The third-order valence-electron chi connectivity index (χ3n) is 2.06. The Labute approximate surface area is 95.1 Å². The summed E-state index contributed by atoms with van der Waals surface area (Å²) < 4.78 is 5.37. The van der Waals surface area contributed by atoms with Crippen molar-refractivity contribution in [2.45, 2.75) is 0 Å². The number of nitrogens with zero attached hydrogens (tertiary/aromatic N) is 2. The molecule has 0 amide bonds. The van der Waals surface area contributed by atoms with E-state index in [2.05, 4.69) is 9.72 Å². The van der Waals surface area contributed by atoms with Crippen LogP contribution in [-0.4, -0.2) is 18.1 Å². The van der Waals surface area contributed by atoms with Crippen molar-refractivity contribution in [3.8, 4) is 6.07 Å². The number of rotatable bonds is 1. The topological polar surface area (TPSA) is 89.0 Å². The molecule has 0 aliphatic rings. The third kappa shape index (κ3) is 1.57. The summed E-state index contributed by atoms with van der Waals surface area (Å²) in [5.41, 5.74) is 6.88. The number of methoxy groups -OCH3 is 1. The van der Waals surface area contributed by atoms with Crippen molar-refractivity contribution in [1.29, 1.82) is 5.26 Å². The first-order valence-electron chi connectivity index (χ1n) is 4.34. The molecule has 0 atom stereocenters. The molecule has 0 unspecified atom stereocenters. The zero-order valence-electron chi connectivity index (χ0n) is 8.35. The van der Waals surface area contributed by atoms with Gasteiger partial charge >= 0.3 is 5.97 Å². The molecule has 16 heavy (non-hydrogen) atoms. The number of hydrogen-bond acceptors (Lipinski definition) is 6. The Kier molecular flexibility index (Phi) is 2.46. The first-order chi connectivity index (χ1) is 7.65. The van der Waals surface area contributed by atoms with E-state index in [1.54, 1.807) is 6.07 Å². The van der Waals surface area contributed by atoms with Gasteiger partial charge in [-0.2, -0.15) is 5.26 Å². The van der Waals surface area contributed by atoms with E-state index in [0.717, 1.165) is 4.70 Å². The Balaban J connectivity index is 2.66. The summed E-state index contributed by atoms with van der Waals surface area (Å²) in [4.78, 5) is 15.4. The van der Waals surface area contributed by atoms with Gasteiger partial charge in [0.25, 0.3) is 0 Å². The summed E-state index contributed by atoms with van der Waals surface area (Å²) in [5, 5.41) is 9.05. The van der Waals surface area contributed by atoms with E-state index in [1.165, 1.54) is 24.5 Å². The lowest BCUT2D eigenvalue weighted by molar-refractivity contribution is 0.0602. The number of nitriles is 1. The van der Waals surface area contributed by atoms with Crippen LogP contribution in [-0.2, 0) is 4.74 Å². The van der Waals surface area contributed by atoms with E-state index in [1.807, 2.05) is 6.07 Å². The predicted molar refractivity (Wildman–Crippen MR) is 60.1 cm³/mol. The van der Waals surface area contributed by atoms with E-state index >= 15 is 0 Å². The van der Waals surface area contributed by atoms with Crippen molar-refractivity contribution in [3.05, 3.63) is 22.7 Å². The van der Waals surface area contributed by atoms with Gasteiger partial charge in [-0.05, 0) is 12.1 Å². The number of ether oxygens (including phenoxy) is 1. The van der Waals surface area contributed by atoms with Gasteiger partial charge < -0.3 is 10.5 Å². The Bertz CT molecular complexity index is 612. The summed E-state index contributed by atoms with van der Waals surface area (Å²) >= 11 is 1.24. The maximum absolute atomic E-state index is 11.4. The molecule has 0 fully saturated rings. The van der Waals surface area contributed by atoms with Gasteiger partial charge in [0.1, 0.15) is 6.07 Å². The molecule has 0 bridgehead atoms. The van der Waals surface area contributed by atoms with Crippen LogP contribution in [0.1, 0.15) is 15.4 Å². The van der Waals surface area contributed by atoms with Crippen molar-refractivity contribution < 1.29 is 9.53 Å². The van der Waals surface area contributed by atoms with Crippen LogP contribution in [0, 0.1) is 11.3 Å². The lowest BCUT2D eigenvalue weighted by Gasteiger charge is -2.02. The number of hydrogen-bond donors (Lipinski definition) is 1. The van der Waals surface area contributed by atoms with E-state index in [4.69, 9.17) is 11.0 Å². The normalized spacial score (nSPS) is 10.0. The smallest absolute Gasteiger partial charge is 0.340 e. The number of benzene rings is 1. The molecule has 80 valence electrons. The summed E-state index contributed by atoms with van der Waals surface area (Å²) in [6, 6.07) is 5.11. The Hall–Kier alpha value is -2.13. The highest BCUT2D eigenvalue weighted by atomic mass is 32.1. The Morgan fingerprint density at radius 3 is 3.00 bits per heavy atom. The van der Waals surface area contributed by atoms with Gasteiger partial charge in [0, 0.05) is 5.69 Å². The quantitative estimate of drug-likeness (QED) is 0.596. The van der Waals surface area contributed by atoms with E-state index in [9.17, 15) is 4.79 Å². The predicted octanol–water partition coefficient (Wildman–Crippen LogP) is 1.54. The average molecular weight is 233 g/mol. The van der Waals surface area contributed by atoms with Crippen molar-refractivity contribution in [2.75, 3.05) is 12.8 Å². The van der Waals surface area contributed by atoms with Gasteiger partial charge in [-0.3, -0.25) is 0 Å². The van der Waals surface area contributed by atoms with Gasteiger partial charge in [-0.1, -0.05) is 0 Å². The highest BCUT2D eigenvalue weighted by Crippen LogP contribution is 2.27. The van der Waals surface area contributed by atoms with Crippen LogP contribution in [0.25, 0.3) is 10.2 Å². The van der Waals surface area contributed by atoms with Crippen LogP contribution in [0.5, 0.6) is 0 Å². The molecule has 1 aromatic carbocycles. The number of anilines is 1. The molecular weight excluding hydrogens is 226 g/mol. The van der Waals surface area contributed by atoms with E-state index in [0.29, 0.717) is 16.2 Å². The molecule has 0 spiro atoms. The summed E-state index contributed by atoms with van der Waals surface area (Å²) in [6.07, 6.45) is 0. The van der Waals surface area contributed by atoms with Crippen LogP contribution in [0.4, 0.5) is 5.69 Å². The number of aromatic nitrogens is 1. The minimum atomic E-state index is -0.508. The van der Waals surface area contributed by atoms with Crippen molar-refractivity contribution in [2.24, 2.45) is 0 Å². The minimum absolute atomic E-state index is 0.268. The second-order valence-electron chi connectivity index (χ2n) is 3.03. The maximum atomic E-state index is 11.4. The monoisotopic (exact) mass is 233 g/mol. The molecule has 2 N–H and O–H groups in total. The number of fused-ring (bicyclic) bond motifs is 1. The summed E-state index contributed by atoms with van der Waals surface area (Å²) in [6.45, 7) is 0. The molecule has 1 heterocycles. The molecule has 0 aliphatic carbocycles. The third-order valence-corrected chi connectivity index (χ3v) is 2.98. The maximum Gasteiger partial charge on any atom is 0.340 e. The fourth-order valence-electron chi connectivity index (χ4n) is 1.32. The largest absolute Gasteiger partial charge is 0.465 e. The lowest BCUT2D eigenvalue weighted by atomic mass is 10.1. The zero-order valence-corrected chi connectivity index (χ0v) is 9.17. The van der Waals surface area contributed by atoms with Gasteiger partial charge in [-0.15, -0.1) is 11.3 Å². The first-order valence-corrected chi connectivity index (χ1v) is 5.16. The van der Waals surface area contributed by atoms with Crippen molar-refractivity contribution >= 4 is 33.2 Å². The first kappa shape index (κ1) is 10.4. The molecule has 6 heteroatoms. The second-order valence-corrected chi connectivity index (χ2v) is 4.06. The van der Waals surface area contributed by atoms with Crippen LogP contribution in [0.3, 0.4) is 0 Å². The highest BCUT2D eigenvalue weighted by Gasteiger charge is 2.13. The van der Waals surface area contributed by atoms with Gasteiger partial charge in [0.2, 0.25) is 0 Å². The fraction of sp³-hybridized carbons (Fsp3) is 0.100. The molecule has 1 aromatic heterocycles. The summed E-state index contributed by atoms with van der Waals surface area (Å²) in [5.74, 6) is -0.508. The molecule has 2 rings (SSSR count). The number of nitrogens with two attached hydrogens (primary N) is 1. The van der Waals surface area contributed by atoms with Crippen molar-refractivity contribution in [3.63, 3.8) is 0 Å². The number of carbonyl (C=O) groups is 1.